The first-order valence-corrected chi connectivity index (χ1v) is 25.5. The minimum Gasteiger partial charge on any atom is -0.456 e. The molecule has 0 bridgehead atoms. The summed E-state index contributed by atoms with van der Waals surface area (Å²) in [6.45, 7) is 21.6. The van der Waals surface area contributed by atoms with Gasteiger partial charge in [-0.1, -0.05) is 141 Å². The Morgan fingerprint density at radius 1 is 0.559 bits per heavy atom. The molecule has 68 heavy (non-hydrogen) atoms. The maximum atomic E-state index is 6.58. The van der Waals surface area contributed by atoms with Crippen molar-refractivity contribution < 1.29 is 4.42 Å². The predicted molar refractivity (Wildman–Crippen MR) is 294 cm³/mol. The van der Waals surface area contributed by atoms with Gasteiger partial charge in [0.1, 0.15) is 11.2 Å². The summed E-state index contributed by atoms with van der Waals surface area (Å²) in [7, 11) is 0.828. The summed E-state index contributed by atoms with van der Waals surface area (Å²) in [6.07, 6.45) is 2.40. The van der Waals surface area contributed by atoms with Gasteiger partial charge >= 0.3 is 0 Å². The summed E-state index contributed by atoms with van der Waals surface area (Å²) in [6, 6.07) is 51.3. The van der Waals surface area contributed by atoms with Crippen LogP contribution in [0.5, 0.6) is 0 Å². The zero-order valence-electron chi connectivity index (χ0n) is 40.6. The van der Waals surface area contributed by atoms with Gasteiger partial charge in [-0.05, 0) is 145 Å². The zero-order chi connectivity index (χ0) is 46.4. The Balaban J connectivity index is 1.05. The number of nitrogens with zero attached hydrogens (tertiary/aromatic N) is 1. The first kappa shape index (κ1) is 40.5. The maximum absolute atomic E-state index is 6.58. The van der Waals surface area contributed by atoms with E-state index in [-0.39, 0.29) is 21.7 Å². The molecule has 2 aliphatic carbocycles. The summed E-state index contributed by atoms with van der Waals surface area (Å²) in [5, 5.41) is 11.5. The summed E-state index contributed by atoms with van der Waals surface area (Å²) in [5.74, 6) is 0. The molecular weight excluding hydrogens is 844 g/mol. The number of fused-ring (bicyclic) bond motifs is 15. The van der Waals surface area contributed by atoms with Gasteiger partial charge in [0.05, 0.1) is 5.52 Å². The third-order valence-electron chi connectivity index (χ3n) is 16.8. The number of anilines is 2. The average molecular weight is 899 g/mol. The van der Waals surface area contributed by atoms with Crippen LogP contribution in [0.4, 0.5) is 11.4 Å². The Labute approximate surface area is 403 Å². The quantitative estimate of drug-likeness (QED) is 0.179. The van der Waals surface area contributed by atoms with E-state index in [1.54, 1.807) is 0 Å². The number of aromatic nitrogens is 1. The highest BCUT2D eigenvalue weighted by molar-refractivity contribution is 7.25. The first-order valence-electron chi connectivity index (χ1n) is 24.7. The molecule has 0 atom stereocenters. The SMILES string of the molecule is CC(C)(C)c1ccc(Nc2cc3c(cc2-c2ccc4c5cc6oc7ccccc7c6cc5n5c4c2Bc2cc4c(cc2-5)sc2ccccc24)C(C)(C)c2cc4c(cc2-3)C(C)(C)CCC4(C)C)cc1. The number of furan rings is 1. The highest BCUT2D eigenvalue weighted by atomic mass is 32.1. The first-order chi connectivity index (χ1) is 32.5. The van der Waals surface area contributed by atoms with Gasteiger partial charge in [0.2, 0.25) is 0 Å². The summed E-state index contributed by atoms with van der Waals surface area (Å²) >= 11 is 1.90. The van der Waals surface area contributed by atoms with Gasteiger partial charge in [0.15, 0.2) is 7.28 Å². The van der Waals surface area contributed by atoms with Crippen molar-refractivity contribution >= 4 is 105 Å². The Morgan fingerprint density at radius 2 is 1.25 bits per heavy atom. The van der Waals surface area contributed by atoms with E-state index in [0.717, 1.165) is 40.6 Å². The number of para-hydroxylation sites is 1. The van der Waals surface area contributed by atoms with Crippen molar-refractivity contribution in [3.8, 4) is 27.9 Å². The van der Waals surface area contributed by atoms with Gasteiger partial charge in [-0.3, -0.25) is 0 Å². The summed E-state index contributed by atoms with van der Waals surface area (Å²) in [4.78, 5) is 0. The van der Waals surface area contributed by atoms with E-state index in [2.05, 4.69) is 206 Å². The van der Waals surface area contributed by atoms with Crippen LogP contribution in [-0.4, -0.2) is 11.8 Å². The van der Waals surface area contributed by atoms with Crippen LogP contribution in [0.15, 0.2) is 138 Å². The maximum Gasteiger partial charge on any atom is 0.198 e. The summed E-state index contributed by atoms with van der Waals surface area (Å²) in [5.41, 5.74) is 23.2. The molecule has 0 saturated heterocycles. The number of rotatable bonds is 3. The van der Waals surface area contributed by atoms with Crippen molar-refractivity contribution in [1.29, 1.82) is 0 Å². The Kier molecular flexibility index (Phi) is 7.96. The van der Waals surface area contributed by atoms with E-state index < -0.39 is 0 Å². The Bertz CT molecular complexity index is 4030. The van der Waals surface area contributed by atoms with Crippen LogP contribution in [0.3, 0.4) is 0 Å². The standard InChI is InChI=1S/C63H55BN2OS/c1-60(2,3)34-18-20-35(21-19-34)65-51-29-41-40-26-48-49(62(6,7)25-24-61(48,4)5)32-47(40)63(8,9)46(41)27-42(51)38-22-23-39-43-31-55-44(36-14-10-12-16-54(36)67-55)30-52(43)66-53-33-57-45(28-50(53)64-58(38)59(39)66)37-15-11-13-17-56(37)68-57/h10-23,26-33,64-65H,24-25H2,1-9H3. The predicted octanol–water partition coefficient (Wildman–Crippen LogP) is 16.1. The molecular formula is C63H55BN2OS. The molecule has 3 aliphatic rings. The van der Waals surface area contributed by atoms with Gasteiger partial charge in [-0.25, -0.2) is 0 Å². The van der Waals surface area contributed by atoms with E-state index in [1.165, 1.54) is 122 Å². The molecule has 3 nitrogen and oxygen atoms in total. The number of hydrogen-bond donors (Lipinski definition) is 1. The van der Waals surface area contributed by atoms with Crippen LogP contribution in [0.25, 0.3) is 91.9 Å². The molecule has 11 aromatic rings. The smallest absolute Gasteiger partial charge is 0.198 e. The molecule has 5 heteroatoms. The number of hydrogen-bond acceptors (Lipinski definition) is 3. The lowest BCUT2D eigenvalue weighted by Crippen LogP contribution is -2.37. The fourth-order valence-corrected chi connectivity index (χ4v) is 13.9. The van der Waals surface area contributed by atoms with E-state index in [0.29, 0.717) is 0 Å². The molecule has 1 aliphatic heterocycles. The van der Waals surface area contributed by atoms with Crippen molar-refractivity contribution in [2.45, 2.75) is 96.8 Å². The molecule has 14 rings (SSSR count). The molecule has 0 saturated carbocycles. The lowest BCUT2D eigenvalue weighted by molar-refractivity contribution is 0.331. The lowest BCUT2D eigenvalue weighted by Gasteiger charge is -2.42. The normalized spacial score (nSPS) is 16.4. The van der Waals surface area contributed by atoms with Crippen LogP contribution in [0, 0.1) is 0 Å². The number of thiophene rings is 1. The zero-order valence-corrected chi connectivity index (χ0v) is 41.4. The Hall–Kier alpha value is -6.56. The van der Waals surface area contributed by atoms with Crippen LogP contribution in [0.2, 0.25) is 0 Å². The van der Waals surface area contributed by atoms with Crippen molar-refractivity contribution in [1.82, 2.24) is 4.57 Å². The minimum atomic E-state index is -0.190. The fourth-order valence-electron chi connectivity index (χ4n) is 12.8. The minimum absolute atomic E-state index is 0.0669. The molecule has 1 N–H and O–H groups in total. The molecule has 3 aromatic heterocycles. The largest absolute Gasteiger partial charge is 0.456 e. The molecule has 4 heterocycles. The highest BCUT2D eigenvalue weighted by Gasteiger charge is 2.43. The molecule has 332 valence electrons. The van der Waals surface area contributed by atoms with Crippen LogP contribution >= 0.6 is 11.3 Å². The van der Waals surface area contributed by atoms with Gasteiger partial charge in [0.25, 0.3) is 0 Å². The second-order valence-electron chi connectivity index (χ2n) is 23.3. The van der Waals surface area contributed by atoms with Gasteiger partial charge in [-0.2, -0.15) is 0 Å². The monoisotopic (exact) mass is 898 g/mol. The molecule has 0 fully saturated rings. The van der Waals surface area contributed by atoms with Crippen LogP contribution in [-0.2, 0) is 21.7 Å². The van der Waals surface area contributed by atoms with Crippen LogP contribution < -0.4 is 16.2 Å². The third kappa shape index (κ3) is 5.54. The molecule has 0 spiro atoms. The third-order valence-corrected chi connectivity index (χ3v) is 18.0. The van der Waals surface area contributed by atoms with Gasteiger partial charge in [0, 0.05) is 69.9 Å². The van der Waals surface area contributed by atoms with E-state index in [1.807, 2.05) is 11.3 Å². The van der Waals surface area contributed by atoms with E-state index >= 15 is 0 Å². The topological polar surface area (TPSA) is 30.1 Å². The second-order valence-corrected chi connectivity index (χ2v) is 24.4. The molecule has 0 unspecified atom stereocenters. The average Bonchev–Trinajstić information content (AvgIpc) is 4.02. The molecule has 0 radical (unpaired) electrons. The second kappa shape index (κ2) is 13.4. The van der Waals surface area contributed by atoms with Crippen LogP contribution in [0.1, 0.15) is 103 Å². The molecule has 0 amide bonds. The summed E-state index contributed by atoms with van der Waals surface area (Å²) < 4.78 is 11.8. The molecule has 8 aromatic carbocycles. The number of nitrogens with one attached hydrogen (secondary N) is 1. The Morgan fingerprint density at radius 3 is 2.03 bits per heavy atom. The number of benzene rings is 8. The van der Waals surface area contributed by atoms with Crippen molar-refractivity contribution in [2.75, 3.05) is 5.32 Å². The van der Waals surface area contributed by atoms with Crippen molar-refractivity contribution in [2.24, 2.45) is 0 Å². The van der Waals surface area contributed by atoms with E-state index in [9.17, 15) is 0 Å². The van der Waals surface area contributed by atoms with Crippen molar-refractivity contribution in [3.63, 3.8) is 0 Å². The van der Waals surface area contributed by atoms with E-state index in [4.69, 9.17) is 4.42 Å². The van der Waals surface area contributed by atoms with Gasteiger partial charge in [-0.15, -0.1) is 11.3 Å². The van der Waals surface area contributed by atoms with Gasteiger partial charge < -0.3 is 14.3 Å². The highest BCUT2D eigenvalue weighted by Crippen LogP contribution is 2.56. The lowest BCUT2D eigenvalue weighted by atomic mass is 9.59. The fraction of sp³-hybridized carbons (Fsp3) is 0.238. The van der Waals surface area contributed by atoms with Crippen molar-refractivity contribution in [3.05, 3.63) is 161 Å².